The zero-order chi connectivity index (χ0) is 14.9. The summed E-state index contributed by atoms with van der Waals surface area (Å²) in [5.41, 5.74) is 0. The number of rotatable bonds is 10. The molecule has 0 saturated carbocycles. The van der Waals surface area contributed by atoms with E-state index >= 15 is 0 Å². The Morgan fingerprint density at radius 3 is 2.26 bits per heavy atom. The zero-order valence-electron chi connectivity index (χ0n) is 12.5. The summed E-state index contributed by atoms with van der Waals surface area (Å²) in [4.78, 5) is 13.6. The summed E-state index contributed by atoms with van der Waals surface area (Å²) in [5, 5.41) is 2.77. The predicted octanol–water partition coefficient (Wildman–Crippen LogP) is 0.116. The van der Waals surface area contributed by atoms with Crippen LogP contribution in [0.3, 0.4) is 0 Å². The largest absolute Gasteiger partial charge is 0.355 e. The van der Waals surface area contributed by atoms with Gasteiger partial charge in [-0.15, -0.1) is 0 Å². The van der Waals surface area contributed by atoms with Gasteiger partial charge < -0.3 is 10.2 Å². The number of amides is 1. The number of sulfonamides is 1. The van der Waals surface area contributed by atoms with Crippen molar-refractivity contribution in [1.82, 2.24) is 14.5 Å². The normalized spacial score (nSPS) is 12.1. The quantitative estimate of drug-likeness (QED) is 0.621. The number of nitrogens with zero attached hydrogens (tertiary/aromatic N) is 2. The Labute approximate surface area is 117 Å². The van der Waals surface area contributed by atoms with Crippen LogP contribution in [0.5, 0.6) is 0 Å². The lowest BCUT2D eigenvalue weighted by atomic mass is 10.3. The summed E-state index contributed by atoms with van der Waals surface area (Å²) in [6, 6.07) is 0. The van der Waals surface area contributed by atoms with E-state index in [1.54, 1.807) is 0 Å². The molecule has 1 N–H and O–H groups in total. The topological polar surface area (TPSA) is 69.7 Å². The summed E-state index contributed by atoms with van der Waals surface area (Å²) in [6.45, 7) is 4.11. The molecule has 0 aromatic carbocycles. The van der Waals surface area contributed by atoms with Crippen molar-refractivity contribution >= 4 is 15.9 Å². The fourth-order valence-corrected chi connectivity index (χ4v) is 2.40. The molecule has 0 aromatic heterocycles. The van der Waals surface area contributed by atoms with Crippen molar-refractivity contribution in [1.29, 1.82) is 0 Å². The maximum atomic E-state index is 11.6. The first kappa shape index (κ1) is 18.3. The van der Waals surface area contributed by atoms with Crippen molar-refractivity contribution in [3.8, 4) is 0 Å². The van der Waals surface area contributed by atoms with Crippen LogP contribution in [-0.2, 0) is 14.8 Å². The molecule has 0 radical (unpaired) electrons. The van der Waals surface area contributed by atoms with Gasteiger partial charge in [0.2, 0.25) is 15.9 Å². The summed E-state index contributed by atoms with van der Waals surface area (Å²) < 4.78 is 24.5. The minimum absolute atomic E-state index is 0.105. The first-order valence-corrected chi connectivity index (χ1v) is 8.48. The van der Waals surface area contributed by atoms with Gasteiger partial charge in [0.25, 0.3) is 0 Å². The number of nitrogens with one attached hydrogen (secondary N) is 1. The Bertz CT molecular complexity index is 355. The Hall–Kier alpha value is -0.660. The van der Waals surface area contributed by atoms with Crippen LogP contribution in [0, 0.1) is 0 Å². The third kappa shape index (κ3) is 9.86. The SMILES string of the molecule is CCCCN(CCC(=O)NCCN(C)C)S(C)(=O)=O. The van der Waals surface area contributed by atoms with Crippen molar-refractivity contribution in [2.24, 2.45) is 0 Å². The van der Waals surface area contributed by atoms with E-state index in [0.29, 0.717) is 13.1 Å². The van der Waals surface area contributed by atoms with Gasteiger partial charge in [-0.3, -0.25) is 4.79 Å². The number of carbonyl (C=O) groups excluding carboxylic acids is 1. The molecule has 0 aliphatic rings. The molecule has 0 heterocycles. The first-order valence-electron chi connectivity index (χ1n) is 6.64. The van der Waals surface area contributed by atoms with Crippen LogP contribution in [0.15, 0.2) is 0 Å². The molecule has 0 atom stereocenters. The van der Waals surface area contributed by atoms with Crippen molar-refractivity contribution < 1.29 is 13.2 Å². The lowest BCUT2D eigenvalue weighted by Crippen LogP contribution is -2.36. The molecular formula is C12H27N3O3S. The molecule has 19 heavy (non-hydrogen) atoms. The second-order valence-corrected chi connectivity index (χ2v) is 6.90. The summed E-state index contributed by atoms with van der Waals surface area (Å²) in [7, 11) is 0.644. The lowest BCUT2D eigenvalue weighted by molar-refractivity contribution is -0.121. The van der Waals surface area contributed by atoms with Crippen LogP contribution in [0.25, 0.3) is 0 Å². The van der Waals surface area contributed by atoms with Gasteiger partial charge in [0.15, 0.2) is 0 Å². The second-order valence-electron chi connectivity index (χ2n) is 4.92. The van der Waals surface area contributed by atoms with E-state index in [4.69, 9.17) is 0 Å². The average molecular weight is 293 g/mol. The van der Waals surface area contributed by atoms with Crippen molar-refractivity contribution in [2.75, 3.05) is 46.5 Å². The lowest BCUT2D eigenvalue weighted by Gasteiger charge is -2.19. The molecule has 0 aliphatic heterocycles. The molecule has 0 aromatic rings. The van der Waals surface area contributed by atoms with E-state index in [2.05, 4.69) is 5.32 Å². The molecule has 1 amide bonds. The number of carbonyl (C=O) groups is 1. The van der Waals surface area contributed by atoms with Gasteiger partial charge in [-0.05, 0) is 20.5 Å². The van der Waals surface area contributed by atoms with Crippen LogP contribution >= 0.6 is 0 Å². The van der Waals surface area contributed by atoms with Crippen molar-refractivity contribution in [3.05, 3.63) is 0 Å². The van der Waals surface area contributed by atoms with Gasteiger partial charge in [0, 0.05) is 32.6 Å². The Balaban J connectivity index is 4.07. The highest BCUT2D eigenvalue weighted by atomic mass is 32.2. The van der Waals surface area contributed by atoms with Crippen molar-refractivity contribution in [2.45, 2.75) is 26.2 Å². The standard InChI is InChI=1S/C12H27N3O3S/c1-5-6-9-15(19(4,17)18)10-7-12(16)13-8-11-14(2)3/h5-11H2,1-4H3,(H,13,16). The van der Waals surface area contributed by atoms with Gasteiger partial charge in [-0.1, -0.05) is 13.3 Å². The van der Waals surface area contributed by atoms with Gasteiger partial charge in [0.1, 0.15) is 0 Å². The highest BCUT2D eigenvalue weighted by molar-refractivity contribution is 7.88. The minimum Gasteiger partial charge on any atom is -0.355 e. The third-order valence-electron chi connectivity index (χ3n) is 2.70. The summed E-state index contributed by atoms with van der Waals surface area (Å²) >= 11 is 0. The van der Waals surface area contributed by atoms with Gasteiger partial charge in [0.05, 0.1) is 6.26 Å². The first-order chi connectivity index (χ1) is 8.77. The minimum atomic E-state index is -3.22. The third-order valence-corrected chi connectivity index (χ3v) is 4.00. The molecule has 0 saturated heterocycles. The zero-order valence-corrected chi connectivity index (χ0v) is 13.3. The molecule has 0 unspecified atom stereocenters. The van der Waals surface area contributed by atoms with Gasteiger partial charge in [-0.25, -0.2) is 12.7 Å². The maximum Gasteiger partial charge on any atom is 0.221 e. The number of hydrogen-bond donors (Lipinski definition) is 1. The van der Waals surface area contributed by atoms with E-state index in [1.165, 1.54) is 10.6 Å². The Morgan fingerprint density at radius 1 is 1.16 bits per heavy atom. The van der Waals surface area contributed by atoms with Crippen molar-refractivity contribution in [3.63, 3.8) is 0 Å². The van der Waals surface area contributed by atoms with E-state index in [0.717, 1.165) is 19.4 Å². The molecule has 0 bridgehead atoms. The molecule has 0 rings (SSSR count). The van der Waals surface area contributed by atoms with E-state index in [-0.39, 0.29) is 18.9 Å². The van der Waals surface area contributed by atoms with Crippen LogP contribution in [0.4, 0.5) is 0 Å². The number of hydrogen-bond acceptors (Lipinski definition) is 4. The van der Waals surface area contributed by atoms with Gasteiger partial charge >= 0.3 is 0 Å². The van der Waals surface area contributed by atoms with E-state index in [1.807, 2.05) is 25.9 Å². The van der Waals surface area contributed by atoms with E-state index in [9.17, 15) is 13.2 Å². The number of unbranched alkanes of at least 4 members (excludes halogenated alkanes) is 1. The Kier molecular flexibility index (Phi) is 8.95. The monoisotopic (exact) mass is 293 g/mol. The highest BCUT2D eigenvalue weighted by Crippen LogP contribution is 2.02. The maximum absolute atomic E-state index is 11.6. The van der Waals surface area contributed by atoms with Gasteiger partial charge in [-0.2, -0.15) is 0 Å². The molecule has 6 nitrogen and oxygen atoms in total. The highest BCUT2D eigenvalue weighted by Gasteiger charge is 2.16. The fourth-order valence-electron chi connectivity index (χ4n) is 1.51. The molecule has 0 fully saturated rings. The summed E-state index contributed by atoms with van der Waals surface area (Å²) in [5.74, 6) is -0.105. The molecule has 0 spiro atoms. The Morgan fingerprint density at radius 2 is 1.79 bits per heavy atom. The molecule has 114 valence electrons. The van der Waals surface area contributed by atoms with Crippen LogP contribution in [0.1, 0.15) is 26.2 Å². The van der Waals surface area contributed by atoms with Crippen LogP contribution < -0.4 is 5.32 Å². The average Bonchev–Trinajstić information content (AvgIpc) is 2.26. The smallest absolute Gasteiger partial charge is 0.221 e. The number of likely N-dealkylation sites (N-methyl/N-ethyl adjacent to an activating group) is 1. The van der Waals surface area contributed by atoms with E-state index < -0.39 is 10.0 Å². The predicted molar refractivity (Wildman–Crippen MR) is 77.5 cm³/mol. The molecule has 7 heteroatoms. The van der Waals surface area contributed by atoms with Crippen LogP contribution in [0.2, 0.25) is 0 Å². The van der Waals surface area contributed by atoms with Crippen LogP contribution in [-0.4, -0.2) is 70.1 Å². The second kappa shape index (κ2) is 9.28. The molecular weight excluding hydrogens is 266 g/mol. The molecule has 0 aliphatic carbocycles. The summed E-state index contributed by atoms with van der Waals surface area (Å²) in [6.07, 6.45) is 3.15. The fraction of sp³-hybridized carbons (Fsp3) is 0.917.